The summed E-state index contributed by atoms with van der Waals surface area (Å²) in [6, 6.07) is 0. The number of methoxy groups -OCH3 is 1. The molecule has 1 rings (SSSR count). The summed E-state index contributed by atoms with van der Waals surface area (Å²) in [5.41, 5.74) is 3.75. The highest BCUT2D eigenvalue weighted by Gasteiger charge is 2.37. The molecule has 1 aliphatic rings. The highest BCUT2D eigenvalue weighted by molar-refractivity contribution is 5.78. The van der Waals surface area contributed by atoms with Crippen molar-refractivity contribution in [3.8, 4) is 0 Å². The quantitative estimate of drug-likeness (QED) is 0.298. The fraction of sp³-hybridized carbons (Fsp3) is 0.609. The first-order valence-corrected chi connectivity index (χ1v) is 9.99. The predicted octanol–water partition coefficient (Wildman–Crippen LogP) is 5.55. The van der Waals surface area contributed by atoms with Crippen LogP contribution in [0.2, 0.25) is 0 Å². The van der Waals surface area contributed by atoms with Crippen LogP contribution in [-0.4, -0.2) is 29.4 Å². The lowest BCUT2D eigenvalue weighted by molar-refractivity contribution is -0.147. The second kappa shape index (κ2) is 11.8. The molecule has 0 aliphatic heterocycles. The number of hydrogen-bond donors (Lipinski definition) is 2. The van der Waals surface area contributed by atoms with Crippen LogP contribution < -0.4 is 0 Å². The lowest BCUT2D eigenvalue weighted by atomic mass is 9.80. The van der Waals surface area contributed by atoms with Gasteiger partial charge in [-0.1, -0.05) is 43.1 Å². The van der Waals surface area contributed by atoms with E-state index < -0.39 is 18.0 Å². The third kappa shape index (κ3) is 7.37. The van der Waals surface area contributed by atoms with Crippen molar-refractivity contribution in [1.82, 2.24) is 0 Å². The summed E-state index contributed by atoms with van der Waals surface area (Å²) in [5.74, 6) is -1.08. The Balaban J connectivity index is 2.95. The molecule has 2 atom stereocenters. The molecule has 0 saturated heterocycles. The molecule has 4 heteroatoms. The highest BCUT2D eigenvalue weighted by Crippen LogP contribution is 2.34. The minimum atomic E-state index is -1.04. The van der Waals surface area contributed by atoms with Gasteiger partial charge in [-0.25, -0.2) is 0 Å². The Hall–Kier alpha value is -1.81. The van der Waals surface area contributed by atoms with E-state index in [0.717, 1.165) is 37.7 Å². The number of ether oxygens (including phenoxy) is 1. The van der Waals surface area contributed by atoms with Crippen LogP contribution in [0.3, 0.4) is 0 Å². The smallest absolute Gasteiger partial charge is 0.315 e. The van der Waals surface area contributed by atoms with E-state index in [1.54, 1.807) is 6.08 Å². The Morgan fingerprint density at radius 3 is 2.52 bits per heavy atom. The number of unbranched alkanes of at least 4 members (excludes halogenated alkanes) is 2. The van der Waals surface area contributed by atoms with Crippen molar-refractivity contribution in [2.45, 2.75) is 78.7 Å². The summed E-state index contributed by atoms with van der Waals surface area (Å²) in [6.07, 6.45) is 10.9. The zero-order chi connectivity index (χ0) is 20.4. The molecule has 152 valence electrons. The van der Waals surface area contributed by atoms with Gasteiger partial charge < -0.3 is 14.9 Å². The van der Waals surface area contributed by atoms with E-state index >= 15 is 0 Å². The molecule has 0 aromatic heterocycles. The van der Waals surface area contributed by atoms with Crippen LogP contribution in [0, 0.1) is 5.92 Å². The van der Waals surface area contributed by atoms with Crippen LogP contribution >= 0.6 is 0 Å². The Bertz CT molecular complexity index is 618. The first-order chi connectivity index (χ1) is 12.8. The maximum absolute atomic E-state index is 12.3. The number of aliphatic hydroxyl groups excluding tert-OH is 2. The first kappa shape index (κ1) is 23.2. The maximum Gasteiger partial charge on any atom is 0.315 e. The maximum atomic E-state index is 12.3. The third-order valence-corrected chi connectivity index (χ3v) is 5.01. The second-order valence-electron chi connectivity index (χ2n) is 7.61. The van der Waals surface area contributed by atoms with E-state index in [1.807, 2.05) is 6.08 Å². The SMILES string of the molecule is CCCCCC1=CC(O)=C(C/C=C(\C)CCC=C(C)C)C(O)C1C(=O)OC. The van der Waals surface area contributed by atoms with Crippen LogP contribution in [0.1, 0.15) is 72.6 Å². The van der Waals surface area contributed by atoms with Crippen molar-refractivity contribution < 1.29 is 19.7 Å². The Morgan fingerprint density at radius 2 is 1.93 bits per heavy atom. The summed E-state index contributed by atoms with van der Waals surface area (Å²) in [7, 11) is 1.34. The van der Waals surface area contributed by atoms with E-state index in [1.165, 1.54) is 18.3 Å². The Morgan fingerprint density at radius 1 is 1.22 bits per heavy atom. The second-order valence-corrected chi connectivity index (χ2v) is 7.61. The molecule has 0 amide bonds. The first-order valence-electron chi connectivity index (χ1n) is 9.99. The van der Waals surface area contributed by atoms with E-state index in [4.69, 9.17) is 4.74 Å². The van der Waals surface area contributed by atoms with Crippen LogP contribution in [0.5, 0.6) is 0 Å². The molecule has 0 heterocycles. The minimum absolute atomic E-state index is 0.0856. The molecule has 2 unspecified atom stereocenters. The number of allylic oxidation sites excluding steroid dienone is 5. The van der Waals surface area contributed by atoms with Gasteiger partial charge in [-0.2, -0.15) is 0 Å². The predicted molar refractivity (Wildman–Crippen MR) is 110 cm³/mol. The molecule has 27 heavy (non-hydrogen) atoms. The van der Waals surface area contributed by atoms with Crippen molar-refractivity contribution in [3.63, 3.8) is 0 Å². The van der Waals surface area contributed by atoms with Gasteiger partial charge in [0.25, 0.3) is 0 Å². The molecule has 1 aliphatic carbocycles. The Kier molecular flexibility index (Phi) is 10.2. The van der Waals surface area contributed by atoms with Gasteiger partial charge in [0.05, 0.1) is 13.2 Å². The highest BCUT2D eigenvalue weighted by atomic mass is 16.5. The summed E-state index contributed by atoms with van der Waals surface area (Å²) >= 11 is 0. The van der Waals surface area contributed by atoms with E-state index in [-0.39, 0.29) is 5.76 Å². The van der Waals surface area contributed by atoms with Crippen molar-refractivity contribution in [1.29, 1.82) is 0 Å². The number of esters is 1. The van der Waals surface area contributed by atoms with Crippen molar-refractivity contribution >= 4 is 5.97 Å². The largest absolute Gasteiger partial charge is 0.508 e. The zero-order valence-electron chi connectivity index (χ0n) is 17.5. The molecule has 0 fully saturated rings. The number of carbonyl (C=O) groups excluding carboxylic acids is 1. The van der Waals surface area contributed by atoms with Gasteiger partial charge in [0.15, 0.2) is 0 Å². The average molecular weight is 377 g/mol. The molecule has 0 spiro atoms. The van der Waals surface area contributed by atoms with Gasteiger partial charge in [0.1, 0.15) is 11.7 Å². The molecule has 0 aromatic rings. The van der Waals surface area contributed by atoms with Gasteiger partial charge in [0, 0.05) is 5.57 Å². The fourth-order valence-electron chi connectivity index (χ4n) is 3.33. The van der Waals surface area contributed by atoms with Gasteiger partial charge >= 0.3 is 5.97 Å². The molecule has 0 radical (unpaired) electrons. The summed E-state index contributed by atoms with van der Waals surface area (Å²) in [5, 5.41) is 21.2. The number of carbonyl (C=O) groups is 1. The Labute approximate surface area is 164 Å². The molecule has 0 aromatic carbocycles. The van der Waals surface area contributed by atoms with Crippen molar-refractivity contribution in [2.75, 3.05) is 7.11 Å². The number of rotatable bonds is 10. The van der Waals surface area contributed by atoms with Crippen LogP contribution in [0.15, 0.2) is 46.3 Å². The fourth-order valence-corrected chi connectivity index (χ4v) is 3.33. The van der Waals surface area contributed by atoms with Crippen LogP contribution in [0.25, 0.3) is 0 Å². The lowest BCUT2D eigenvalue weighted by Crippen LogP contribution is -2.35. The van der Waals surface area contributed by atoms with Gasteiger partial charge in [0.2, 0.25) is 0 Å². The van der Waals surface area contributed by atoms with Gasteiger partial charge in [-0.15, -0.1) is 0 Å². The van der Waals surface area contributed by atoms with Crippen molar-refractivity contribution in [2.24, 2.45) is 5.92 Å². The van der Waals surface area contributed by atoms with Crippen LogP contribution in [0.4, 0.5) is 0 Å². The molecule has 0 saturated carbocycles. The van der Waals surface area contributed by atoms with Crippen molar-refractivity contribution in [3.05, 3.63) is 46.3 Å². The van der Waals surface area contributed by atoms with Gasteiger partial charge in [-0.3, -0.25) is 4.79 Å². The normalized spacial score (nSPS) is 20.4. The monoisotopic (exact) mass is 376 g/mol. The molecule has 0 bridgehead atoms. The van der Waals surface area contributed by atoms with Gasteiger partial charge in [-0.05, 0) is 64.5 Å². The topological polar surface area (TPSA) is 66.8 Å². The summed E-state index contributed by atoms with van der Waals surface area (Å²) in [4.78, 5) is 12.3. The lowest BCUT2D eigenvalue weighted by Gasteiger charge is -2.29. The standard InChI is InChI=1S/C23H36O4/c1-6-7-8-12-18-15-20(24)19(22(25)21(18)23(26)27-5)14-13-17(4)11-9-10-16(2)3/h10,13,15,21-22,24-25H,6-9,11-12,14H2,1-5H3/b17-13+. The molecule has 4 nitrogen and oxygen atoms in total. The third-order valence-electron chi connectivity index (χ3n) is 5.01. The number of hydrogen-bond acceptors (Lipinski definition) is 4. The number of aliphatic hydroxyl groups is 2. The molecular formula is C23H36O4. The molecule has 2 N–H and O–H groups in total. The van der Waals surface area contributed by atoms with E-state index in [9.17, 15) is 15.0 Å². The summed E-state index contributed by atoms with van der Waals surface area (Å²) in [6.45, 7) is 8.33. The average Bonchev–Trinajstić information content (AvgIpc) is 2.60. The molecular weight excluding hydrogens is 340 g/mol. The van der Waals surface area contributed by atoms with Crippen LogP contribution in [-0.2, 0) is 9.53 Å². The minimum Gasteiger partial charge on any atom is -0.508 e. The van der Waals surface area contributed by atoms with E-state index in [0.29, 0.717) is 18.4 Å². The van der Waals surface area contributed by atoms with E-state index in [2.05, 4.69) is 33.8 Å². The zero-order valence-corrected chi connectivity index (χ0v) is 17.5. The summed E-state index contributed by atoms with van der Waals surface area (Å²) < 4.78 is 4.92.